The molecule has 16 heavy (non-hydrogen) atoms. The van der Waals surface area contributed by atoms with Crippen molar-refractivity contribution in [3.63, 3.8) is 0 Å². The minimum Gasteiger partial charge on any atom is -0.379 e. The molecule has 0 aromatic rings. The molecule has 0 fully saturated rings. The third-order valence-electron chi connectivity index (χ3n) is 2.29. The number of nitrogens with two attached hydrogens (primary N) is 1. The average molecular weight is 219 g/mol. The molecule has 0 aromatic heterocycles. The summed E-state index contributed by atoms with van der Waals surface area (Å²) in [5, 5.41) is -0.498. The first-order chi connectivity index (χ1) is 7.18. The van der Waals surface area contributed by atoms with Crippen LogP contribution in [0.25, 0.3) is 0 Å². The van der Waals surface area contributed by atoms with Crippen molar-refractivity contribution < 1.29 is 4.74 Å². The van der Waals surface area contributed by atoms with E-state index in [1.54, 1.807) is 7.28 Å². The van der Waals surface area contributed by atoms with Crippen molar-refractivity contribution in [1.82, 2.24) is 0 Å². The predicted molar refractivity (Wildman–Crippen MR) is 72.7 cm³/mol. The molecule has 0 aliphatic heterocycles. The van der Waals surface area contributed by atoms with Crippen molar-refractivity contribution in [3.05, 3.63) is 0 Å². The van der Waals surface area contributed by atoms with Gasteiger partial charge in [-0.25, -0.2) is 0 Å². The Hall–Kier alpha value is -0.390. The van der Waals surface area contributed by atoms with Crippen molar-refractivity contribution in [3.8, 4) is 12.2 Å². The van der Waals surface area contributed by atoms with E-state index in [9.17, 15) is 0 Å². The summed E-state index contributed by atoms with van der Waals surface area (Å²) < 4.78 is 5.54. The molecule has 0 rings (SSSR count). The Balaban J connectivity index is 4.08. The Morgan fingerprint density at radius 1 is 1.38 bits per heavy atom. The summed E-state index contributed by atoms with van der Waals surface area (Å²) in [5.74, 6) is 2.49. The zero-order valence-electron chi connectivity index (χ0n) is 11.2. The maximum Gasteiger partial charge on any atom is 0.228 e. The first kappa shape index (κ1) is 15.6. The molecule has 2 nitrogen and oxygen atoms in total. The highest BCUT2D eigenvalue weighted by atomic mass is 16.5. The third kappa shape index (κ3) is 7.84. The fourth-order valence-electron chi connectivity index (χ4n) is 1.69. The van der Waals surface area contributed by atoms with E-state index in [-0.39, 0.29) is 11.4 Å². The van der Waals surface area contributed by atoms with Gasteiger partial charge in [-0.2, -0.15) is 5.82 Å². The fraction of sp³-hybridized carbons (Fsp3) is 0.833. The van der Waals surface area contributed by atoms with Gasteiger partial charge in [0.25, 0.3) is 0 Å². The summed E-state index contributed by atoms with van der Waals surface area (Å²) in [6, 6.07) is 0. The number of hydrogen-bond acceptors (Lipinski definition) is 2. The lowest BCUT2D eigenvalue weighted by Crippen LogP contribution is -2.51. The molecule has 1 atom stereocenters. The molecular weight excluding hydrogens is 196 g/mol. The molecule has 0 aliphatic rings. The first-order valence-electron chi connectivity index (χ1n) is 5.76. The van der Waals surface area contributed by atoms with Crippen LogP contribution in [0.2, 0.25) is 5.31 Å². The van der Waals surface area contributed by atoms with Gasteiger partial charge in [0.1, 0.15) is 7.28 Å². The summed E-state index contributed by atoms with van der Waals surface area (Å²) in [6.45, 7) is 11.0. The summed E-state index contributed by atoms with van der Waals surface area (Å²) in [4.78, 5) is 0. The van der Waals surface area contributed by atoms with Gasteiger partial charge in [-0.05, 0) is 25.6 Å². The van der Waals surface area contributed by atoms with Crippen molar-refractivity contribution in [2.45, 2.75) is 57.8 Å². The van der Waals surface area contributed by atoms with E-state index >= 15 is 0 Å². The van der Waals surface area contributed by atoms with Gasteiger partial charge in [-0.3, -0.25) is 0 Å². The van der Waals surface area contributed by atoms with E-state index in [2.05, 4.69) is 26.9 Å². The van der Waals surface area contributed by atoms with Crippen LogP contribution in [0.15, 0.2) is 0 Å². The van der Waals surface area contributed by atoms with Crippen molar-refractivity contribution >= 4 is 14.6 Å². The topological polar surface area (TPSA) is 35.2 Å². The molecule has 88 valence electrons. The molecule has 2 radical (unpaired) electrons. The molecule has 0 saturated carbocycles. The second-order valence-corrected chi connectivity index (χ2v) is 5.48. The van der Waals surface area contributed by atoms with Gasteiger partial charge in [-0.1, -0.05) is 26.1 Å². The largest absolute Gasteiger partial charge is 0.379 e. The van der Waals surface area contributed by atoms with Gasteiger partial charge in [0, 0.05) is 6.61 Å². The second kappa shape index (κ2) is 6.37. The van der Waals surface area contributed by atoms with Crippen LogP contribution in [0.5, 0.6) is 0 Å². The molecule has 2 N–H and O–H groups in total. The van der Waals surface area contributed by atoms with Crippen LogP contribution < -0.4 is 5.73 Å². The van der Waals surface area contributed by atoms with E-state index in [0.29, 0.717) is 0 Å². The van der Waals surface area contributed by atoms with E-state index in [4.69, 9.17) is 16.9 Å². The average Bonchev–Trinajstić information content (AvgIpc) is 1.99. The zero-order valence-corrected chi connectivity index (χ0v) is 11.2. The van der Waals surface area contributed by atoms with Crippen LogP contribution >= 0.6 is 0 Å². The molecule has 0 spiro atoms. The Morgan fingerprint density at radius 3 is 2.38 bits per heavy atom. The third-order valence-corrected chi connectivity index (χ3v) is 2.29. The van der Waals surface area contributed by atoms with Crippen molar-refractivity contribution in [2.75, 3.05) is 6.61 Å². The molecule has 4 heteroatoms. The molecule has 1 unspecified atom stereocenters. The van der Waals surface area contributed by atoms with Gasteiger partial charge in [0.15, 0.2) is 0 Å². The van der Waals surface area contributed by atoms with Gasteiger partial charge < -0.3 is 10.5 Å². The summed E-state index contributed by atoms with van der Waals surface area (Å²) in [5.41, 5.74) is 6.05. The maximum absolute atomic E-state index is 6.05. The summed E-state index contributed by atoms with van der Waals surface area (Å²) in [7, 11) is 3.77. The number of ether oxygens (including phenoxy) is 1. The highest BCUT2D eigenvalue weighted by molar-refractivity contribution is 6.68. The van der Waals surface area contributed by atoms with Crippen molar-refractivity contribution in [1.29, 1.82) is 0 Å². The van der Waals surface area contributed by atoms with E-state index in [0.717, 1.165) is 13.0 Å². The Bertz CT molecular complexity index is 244. The number of terminal acetylenes is 1. The zero-order chi connectivity index (χ0) is 12.8. The van der Waals surface area contributed by atoms with Gasteiger partial charge >= 0.3 is 0 Å². The Morgan fingerprint density at radius 2 is 1.94 bits per heavy atom. The van der Waals surface area contributed by atoms with E-state index in [1.807, 2.05) is 20.8 Å². The lowest BCUT2D eigenvalue weighted by atomic mass is 9.32. The van der Waals surface area contributed by atoms with Crippen LogP contribution in [0, 0.1) is 12.2 Å². The van der Waals surface area contributed by atoms with E-state index < -0.39 is 5.34 Å². The highest BCUT2D eigenvalue weighted by Crippen LogP contribution is 2.30. The quantitative estimate of drug-likeness (QED) is 0.521. The van der Waals surface area contributed by atoms with E-state index in [1.165, 1.54) is 0 Å². The normalized spacial score (nSPS) is 15.4. The van der Waals surface area contributed by atoms with Crippen LogP contribution in [0.4, 0.5) is 0 Å². The number of hydrogen-bond donors (Lipinski definition) is 1. The molecule has 0 bridgehead atoms. The van der Waals surface area contributed by atoms with Gasteiger partial charge in [0.2, 0.25) is 7.28 Å². The maximum atomic E-state index is 6.05. The SMILES string of the molecule is C#C[B]C(C)(N)[B]C(C)(C)CCOC(C)C. The van der Waals surface area contributed by atoms with Crippen LogP contribution in [0.1, 0.15) is 41.0 Å². The Labute approximate surface area is 102 Å². The van der Waals surface area contributed by atoms with Crippen LogP contribution in [-0.2, 0) is 4.74 Å². The molecule has 0 aliphatic carbocycles. The van der Waals surface area contributed by atoms with Gasteiger partial charge in [0.05, 0.1) is 6.10 Å². The Kier molecular flexibility index (Phi) is 6.22. The standard InChI is InChI=1S/C12H23B2NO/c1-7-13-12(6,15)14-11(4,5)8-9-16-10(2)3/h1,10H,8-9,15H2,2-6H3. The van der Waals surface area contributed by atoms with Crippen LogP contribution in [-0.4, -0.2) is 32.6 Å². The monoisotopic (exact) mass is 219 g/mol. The predicted octanol–water partition coefficient (Wildman–Crippen LogP) is 1.63. The molecule has 0 aromatic carbocycles. The van der Waals surface area contributed by atoms with Crippen molar-refractivity contribution in [2.24, 2.45) is 5.73 Å². The molecule has 0 amide bonds. The lowest BCUT2D eigenvalue weighted by molar-refractivity contribution is 0.0720. The molecular formula is C12H23B2NO. The second-order valence-electron chi connectivity index (χ2n) is 5.48. The lowest BCUT2D eigenvalue weighted by Gasteiger charge is -2.32. The van der Waals surface area contributed by atoms with Gasteiger partial charge in [-0.15, -0.1) is 6.42 Å². The summed E-state index contributed by atoms with van der Waals surface area (Å²) in [6.07, 6.45) is 6.46. The minimum atomic E-state index is -0.518. The summed E-state index contributed by atoms with van der Waals surface area (Å²) >= 11 is 0. The fourth-order valence-corrected chi connectivity index (χ4v) is 1.69. The molecule has 0 heterocycles. The highest BCUT2D eigenvalue weighted by Gasteiger charge is 2.30. The molecule has 0 saturated heterocycles. The smallest absolute Gasteiger partial charge is 0.228 e. The minimum absolute atomic E-state index is 0.0196. The first-order valence-corrected chi connectivity index (χ1v) is 5.76. The number of rotatable bonds is 7. The van der Waals surface area contributed by atoms with Crippen LogP contribution in [0.3, 0.4) is 0 Å².